The zero-order valence-electron chi connectivity index (χ0n) is 15.9. The topological polar surface area (TPSA) is 102 Å². The molecule has 3 rings (SSSR count). The Balaban J connectivity index is 2.16. The van der Waals surface area contributed by atoms with Crippen LogP contribution in [0.5, 0.6) is 11.6 Å². The van der Waals surface area contributed by atoms with Crippen LogP contribution in [-0.2, 0) is 11.3 Å². The van der Waals surface area contributed by atoms with Crippen LogP contribution in [0.3, 0.4) is 0 Å². The van der Waals surface area contributed by atoms with Crippen molar-refractivity contribution >= 4 is 5.78 Å². The zero-order valence-corrected chi connectivity index (χ0v) is 15.9. The summed E-state index contributed by atoms with van der Waals surface area (Å²) in [5.74, 6) is -0.575. The Hall–Kier alpha value is -3.11. The van der Waals surface area contributed by atoms with Gasteiger partial charge in [-0.25, -0.2) is 0 Å². The van der Waals surface area contributed by atoms with E-state index in [2.05, 4.69) is 0 Å². The van der Waals surface area contributed by atoms with Gasteiger partial charge in [0.25, 0.3) is 5.56 Å². The summed E-state index contributed by atoms with van der Waals surface area (Å²) >= 11 is 0. The van der Waals surface area contributed by atoms with Crippen molar-refractivity contribution in [3.05, 3.63) is 56.9 Å². The van der Waals surface area contributed by atoms with Crippen LogP contribution in [0.2, 0.25) is 0 Å². The first-order chi connectivity index (χ1) is 13.5. The summed E-state index contributed by atoms with van der Waals surface area (Å²) in [6, 6.07) is 8.56. The lowest BCUT2D eigenvalue weighted by molar-refractivity contribution is 0.0929. The molecule has 1 aliphatic rings. The molecule has 1 fully saturated rings. The Kier molecular flexibility index (Phi) is 5.81. The van der Waals surface area contributed by atoms with Gasteiger partial charge in [0, 0.05) is 6.61 Å². The van der Waals surface area contributed by atoms with Gasteiger partial charge < -0.3 is 14.6 Å². The number of carbonyl (C=O) groups is 1. The van der Waals surface area contributed by atoms with Gasteiger partial charge in [-0.05, 0) is 44.4 Å². The van der Waals surface area contributed by atoms with E-state index in [-0.39, 0.29) is 34.9 Å². The number of hydrogen-bond acceptors (Lipinski definition) is 6. The number of ketones is 1. The van der Waals surface area contributed by atoms with E-state index in [0.29, 0.717) is 19.0 Å². The SMILES string of the molecule is CCOc1ccccc1C(=O)c1c(C)c(C#N)c(=O)n(CC2CCCO2)c1O. The lowest BCUT2D eigenvalue weighted by Crippen LogP contribution is -2.30. The van der Waals surface area contributed by atoms with Crippen molar-refractivity contribution in [3.8, 4) is 17.7 Å². The van der Waals surface area contributed by atoms with Crippen LogP contribution in [0, 0.1) is 18.3 Å². The van der Waals surface area contributed by atoms with Crippen LogP contribution in [0.1, 0.15) is 46.8 Å². The number of nitriles is 1. The lowest BCUT2D eigenvalue weighted by atomic mass is 9.96. The quantitative estimate of drug-likeness (QED) is 0.771. The monoisotopic (exact) mass is 382 g/mol. The zero-order chi connectivity index (χ0) is 20.3. The van der Waals surface area contributed by atoms with Gasteiger partial charge in [-0.1, -0.05) is 12.1 Å². The molecule has 7 heteroatoms. The predicted octanol–water partition coefficient (Wildman–Crippen LogP) is 2.54. The summed E-state index contributed by atoms with van der Waals surface area (Å²) in [7, 11) is 0. The third-order valence-electron chi connectivity index (χ3n) is 4.87. The molecule has 1 aromatic heterocycles. The van der Waals surface area contributed by atoms with E-state index >= 15 is 0 Å². The van der Waals surface area contributed by atoms with E-state index in [1.807, 2.05) is 6.07 Å². The minimum Gasteiger partial charge on any atom is -0.494 e. The Morgan fingerprint density at radius 2 is 2.18 bits per heavy atom. The van der Waals surface area contributed by atoms with E-state index in [1.54, 1.807) is 31.2 Å². The van der Waals surface area contributed by atoms with Crippen molar-refractivity contribution in [1.82, 2.24) is 4.57 Å². The third kappa shape index (κ3) is 3.51. The third-order valence-corrected chi connectivity index (χ3v) is 4.87. The molecule has 0 spiro atoms. The molecule has 1 N–H and O–H groups in total. The molecule has 0 radical (unpaired) electrons. The van der Waals surface area contributed by atoms with E-state index in [1.165, 1.54) is 6.92 Å². The molecule has 1 atom stereocenters. The highest BCUT2D eigenvalue weighted by Crippen LogP contribution is 2.29. The highest BCUT2D eigenvalue weighted by molar-refractivity contribution is 6.13. The maximum atomic E-state index is 13.3. The summed E-state index contributed by atoms with van der Waals surface area (Å²) in [6.07, 6.45) is 1.37. The van der Waals surface area contributed by atoms with Gasteiger partial charge in [0.05, 0.1) is 30.4 Å². The molecule has 2 aromatic rings. The molecule has 7 nitrogen and oxygen atoms in total. The van der Waals surface area contributed by atoms with Gasteiger partial charge in [0.2, 0.25) is 11.7 Å². The fourth-order valence-electron chi connectivity index (χ4n) is 3.45. The summed E-state index contributed by atoms with van der Waals surface area (Å²) in [5.41, 5.74) is -0.434. The number of rotatable bonds is 6. The molecule has 0 amide bonds. The van der Waals surface area contributed by atoms with Crippen LogP contribution in [0.15, 0.2) is 29.1 Å². The first-order valence-electron chi connectivity index (χ1n) is 9.24. The average molecular weight is 382 g/mol. The van der Waals surface area contributed by atoms with Crippen LogP contribution < -0.4 is 10.3 Å². The Bertz CT molecular complexity index is 997. The number of para-hydroxylation sites is 1. The largest absolute Gasteiger partial charge is 0.494 e. The summed E-state index contributed by atoms with van der Waals surface area (Å²) < 4.78 is 12.1. The predicted molar refractivity (Wildman–Crippen MR) is 102 cm³/mol. The maximum absolute atomic E-state index is 13.3. The molecular formula is C21H22N2O5. The molecule has 0 saturated carbocycles. The Labute approximate surface area is 162 Å². The number of ether oxygens (including phenoxy) is 2. The standard InChI is InChI=1S/C21H22N2O5/c1-3-27-17-9-5-4-8-15(17)19(24)18-13(2)16(11-22)20(25)23(21(18)26)12-14-7-6-10-28-14/h4-5,8-9,14,26H,3,6-7,10,12H2,1-2H3. The number of aromatic nitrogens is 1. The van der Waals surface area contributed by atoms with Crippen LogP contribution in [0.4, 0.5) is 0 Å². The lowest BCUT2D eigenvalue weighted by Gasteiger charge is -2.18. The van der Waals surface area contributed by atoms with E-state index < -0.39 is 17.2 Å². The van der Waals surface area contributed by atoms with Crippen LogP contribution in [0.25, 0.3) is 0 Å². The first kappa shape index (κ1) is 19.6. The van der Waals surface area contributed by atoms with Crippen molar-refractivity contribution < 1.29 is 19.4 Å². The minimum atomic E-state index is -0.623. The van der Waals surface area contributed by atoms with Gasteiger partial charge in [-0.15, -0.1) is 0 Å². The van der Waals surface area contributed by atoms with Crippen molar-refractivity contribution in [3.63, 3.8) is 0 Å². The number of benzene rings is 1. The average Bonchev–Trinajstić information content (AvgIpc) is 3.19. The fourth-order valence-corrected chi connectivity index (χ4v) is 3.45. The molecule has 146 valence electrons. The van der Waals surface area contributed by atoms with E-state index in [9.17, 15) is 20.0 Å². The highest BCUT2D eigenvalue weighted by Gasteiger charge is 2.28. The molecule has 0 bridgehead atoms. The normalized spacial score (nSPS) is 16.0. The summed E-state index contributed by atoms with van der Waals surface area (Å²) in [5, 5.41) is 20.3. The first-order valence-corrected chi connectivity index (χ1v) is 9.24. The van der Waals surface area contributed by atoms with Crippen molar-refractivity contribution in [2.45, 2.75) is 39.3 Å². The maximum Gasteiger partial charge on any atom is 0.271 e. The van der Waals surface area contributed by atoms with Crippen LogP contribution >= 0.6 is 0 Å². The van der Waals surface area contributed by atoms with Gasteiger partial charge in [-0.3, -0.25) is 14.2 Å². The van der Waals surface area contributed by atoms with Crippen molar-refractivity contribution in [2.75, 3.05) is 13.2 Å². The molecular weight excluding hydrogens is 360 g/mol. The number of hydrogen-bond donors (Lipinski definition) is 1. The van der Waals surface area contributed by atoms with Crippen LogP contribution in [-0.4, -0.2) is 34.8 Å². The van der Waals surface area contributed by atoms with Crippen molar-refractivity contribution in [2.24, 2.45) is 0 Å². The second-order valence-electron chi connectivity index (χ2n) is 6.62. The fraction of sp³-hybridized carbons (Fsp3) is 0.381. The van der Waals surface area contributed by atoms with E-state index in [4.69, 9.17) is 9.47 Å². The second-order valence-corrected chi connectivity index (χ2v) is 6.62. The number of pyridine rings is 1. The molecule has 1 saturated heterocycles. The minimum absolute atomic E-state index is 0.0682. The summed E-state index contributed by atoms with van der Waals surface area (Å²) in [4.78, 5) is 26.0. The number of aromatic hydroxyl groups is 1. The highest BCUT2D eigenvalue weighted by atomic mass is 16.5. The smallest absolute Gasteiger partial charge is 0.271 e. The van der Waals surface area contributed by atoms with Gasteiger partial charge in [-0.2, -0.15) is 5.26 Å². The van der Waals surface area contributed by atoms with Gasteiger partial charge in [0.1, 0.15) is 17.4 Å². The Morgan fingerprint density at radius 3 is 2.82 bits per heavy atom. The molecule has 0 aliphatic carbocycles. The number of nitrogens with zero attached hydrogens (tertiary/aromatic N) is 2. The van der Waals surface area contributed by atoms with Gasteiger partial charge in [0.15, 0.2) is 0 Å². The molecule has 1 aliphatic heterocycles. The Morgan fingerprint density at radius 1 is 1.43 bits per heavy atom. The summed E-state index contributed by atoms with van der Waals surface area (Å²) in [6.45, 7) is 4.35. The van der Waals surface area contributed by atoms with Gasteiger partial charge >= 0.3 is 0 Å². The molecule has 28 heavy (non-hydrogen) atoms. The molecule has 2 heterocycles. The van der Waals surface area contributed by atoms with Crippen molar-refractivity contribution in [1.29, 1.82) is 5.26 Å². The second kappa shape index (κ2) is 8.28. The number of carbonyl (C=O) groups excluding carboxylic acids is 1. The molecule has 1 unspecified atom stereocenters. The molecule has 1 aromatic carbocycles. The van der Waals surface area contributed by atoms with E-state index in [0.717, 1.165) is 17.4 Å².